The van der Waals surface area contributed by atoms with Crippen LogP contribution in [-0.4, -0.2) is 35.1 Å². The van der Waals surface area contributed by atoms with Crippen LogP contribution in [0.15, 0.2) is 18.2 Å². The van der Waals surface area contributed by atoms with Crippen molar-refractivity contribution in [1.82, 2.24) is 10.2 Å². The number of carboxylic acids is 1. The maximum Gasteiger partial charge on any atom is 0.317 e. The molecule has 1 saturated heterocycles. The molecule has 0 spiro atoms. The van der Waals surface area contributed by atoms with Crippen molar-refractivity contribution in [2.75, 3.05) is 13.1 Å². The first-order valence-corrected chi connectivity index (χ1v) is 8.50. The van der Waals surface area contributed by atoms with Crippen LogP contribution in [0.3, 0.4) is 0 Å². The summed E-state index contributed by atoms with van der Waals surface area (Å²) in [5.41, 5.74) is 1.91. The molecule has 0 radical (unpaired) electrons. The molecule has 6 heteroatoms. The van der Waals surface area contributed by atoms with Gasteiger partial charge in [-0.15, -0.1) is 0 Å². The van der Waals surface area contributed by atoms with Gasteiger partial charge in [0.15, 0.2) is 0 Å². The van der Waals surface area contributed by atoms with Crippen molar-refractivity contribution in [3.05, 3.63) is 35.1 Å². The van der Waals surface area contributed by atoms with Crippen LogP contribution in [0.5, 0.6) is 0 Å². The number of urea groups is 1. The molecule has 0 bridgehead atoms. The zero-order valence-electron chi connectivity index (χ0n) is 13.8. The van der Waals surface area contributed by atoms with E-state index in [4.69, 9.17) is 0 Å². The Bertz CT molecular complexity index is 649. The van der Waals surface area contributed by atoms with Gasteiger partial charge in [-0.05, 0) is 54.9 Å². The Morgan fingerprint density at radius 2 is 2.12 bits per heavy atom. The Morgan fingerprint density at radius 3 is 2.88 bits per heavy atom. The Morgan fingerprint density at radius 1 is 1.33 bits per heavy atom. The number of carboxylic acid groups (broad SMARTS) is 1. The number of fused-ring (bicyclic) bond motifs is 1. The van der Waals surface area contributed by atoms with Crippen LogP contribution in [0.4, 0.5) is 9.18 Å². The quantitative estimate of drug-likeness (QED) is 0.873. The van der Waals surface area contributed by atoms with E-state index >= 15 is 0 Å². The molecule has 1 aliphatic heterocycles. The van der Waals surface area contributed by atoms with Crippen molar-refractivity contribution >= 4 is 12.0 Å². The third-order valence-electron chi connectivity index (χ3n) is 5.01. The van der Waals surface area contributed by atoms with E-state index in [1.54, 1.807) is 11.0 Å². The lowest BCUT2D eigenvalue weighted by Gasteiger charge is -2.36. The summed E-state index contributed by atoms with van der Waals surface area (Å²) in [5, 5.41) is 12.3. The number of aryl methyl sites for hydroxylation is 1. The zero-order valence-corrected chi connectivity index (χ0v) is 13.8. The molecule has 5 nitrogen and oxygen atoms in total. The molecular formula is C18H23FN2O3. The van der Waals surface area contributed by atoms with Crippen molar-refractivity contribution in [3.63, 3.8) is 0 Å². The van der Waals surface area contributed by atoms with E-state index in [1.807, 2.05) is 6.92 Å². The lowest BCUT2D eigenvalue weighted by atomic mass is 9.87. The second-order valence-electron chi connectivity index (χ2n) is 7.02. The molecule has 2 N–H and O–H groups in total. The van der Waals surface area contributed by atoms with Gasteiger partial charge < -0.3 is 15.3 Å². The van der Waals surface area contributed by atoms with E-state index in [9.17, 15) is 19.1 Å². The summed E-state index contributed by atoms with van der Waals surface area (Å²) in [4.78, 5) is 25.5. The van der Waals surface area contributed by atoms with Crippen molar-refractivity contribution in [3.8, 4) is 0 Å². The maximum absolute atomic E-state index is 13.4. The fourth-order valence-corrected chi connectivity index (χ4v) is 3.87. The first kappa shape index (κ1) is 16.7. The van der Waals surface area contributed by atoms with Gasteiger partial charge in [-0.1, -0.05) is 13.0 Å². The number of likely N-dealkylation sites (tertiary alicyclic amines) is 1. The molecule has 3 unspecified atom stereocenters. The van der Waals surface area contributed by atoms with E-state index in [0.29, 0.717) is 13.0 Å². The summed E-state index contributed by atoms with van der Waals surface area (Å²) in [6, 6.07) is 4.34. The summed E-state index contributed by atoms with van der Waals surface area (Å²) in [7, 11) is 0. The second kappa shape index (κ2) is 6.79. The highest BCUT2D eigenvalue weighted by Crippen LogP contribution is 2.31. The van der Waals surface area contributed by atoms with Gasteiger partial charge in [0.2, 0.25) is 0 Å². The zero-order chi connectivity index (χ0) is 17.3. The summed E-state index contributed by atoms with van der Waals surface area (Å²) in [6.45, 7) is 2.78. The van der Waals surface area contributed by atoms with Crippen LogP contribution in [0.1, 0.15) is 43.4 Å². The molecule has 0 aromatic heterocycles. The average molecular weight is 334 g/mol. The molecule has 24 heavy (non-hydrogen) atoms. The van der Waals surface area contributed by atoms with Gasteiger partial charge in [-0.3, -0.25) is 4.79 Å². The fraction of sp³-hybridized carbons (Fsp3) is 0.556. The predicted molar refractivity (Wildman–Crippen MR) is 87.1 cm³/mol. The lowest BCUT2D eigenvalue weighted by Crippen LogP contribution is -2.50. The van der Waals surface area contributed by atoms with Gasteiger partial charge in [0.25, 0.3) is 0 Å². The third-order valence-corrected chi connectivity index (χ3v) is 5.01. The van der Waals surface area contributed by atoms with Crippen molar-refractivity contribution < 1.29 is 19.1 Å². The summed E-state index contributed by atoms with van der Waals surface area (Å²) >= 11 is 0. The summed E-state index contributed by atoms with van der Waals surface area (Å²) in [6.07, 6.45) is 3.14. The van der Waals surface area contributed by atoms with Gasteiger partial charge in [0.1, 0.15) is 5.82 Å². The Balaban J connectivity index is 1.70. The molecule has 0 saturated carbocycles. The molecule has 2 amide bonds. The molecule has 1 aromatic rings. The highest BCUT2D eigenvalue weighted by molar-refractivity contribution is 5.77. The molecule has 1 heterocycles. The molecule has 1 aromatic carbocycles. The number of hydrogen-bond donors (Lipinski definition) is 2. The van der Waals surface area contributed by atoms with Crippen LogP contribution in [0, 0.1) is 17.7 Å². The first-order valence-electron chi connectivity index (χ1n) is 8.50. The minimum Gasteiger partial charge on any atom is -0.481 e. The van der Waals surface area contributed by atoms with Crippen LogP contribution in [0.2, 0.25) is 0 Å². The van der Waals surface area contributed by atoms with Crippen molar-refractivity contribution in [2.45, 2.75) is 38.6 Å². The van der Waals surface area contributed by atoms with Gasteiger partial charge in [0.05, 0.1) is 12.0 Å². The first-order chi connectivity index (χ1) is 11.4. The van der Waals surface area contributed by atoms with Crippen LogP contribution in [-0.2, 0) is 11.2 Å². The molecular weight excluding hydrogens is 311 g/mol. The smallest absolute Gasteiger partial charge is 0.317 e. The number of carbonyl (C=O) groups excluding carboxylic acids is 1. The molecule has 130 valence electrons. The number of rotatable bonds is 2. The van der Waals surface area contributed by atoms with Gasteiger partial charge >= 0.3 is 12.0 Å². The summed E-state index contributed by atoms with van der Waals surface area (Å²) in [5.74, 6) is -1.45. The number of amides is 2. The second-order valence-corrected chi connectivity index (χ2v) is 7.02. The fourth-order valence-electron chi connectivity index (χ4n) is 3.87. The number of piperidine rings is 1. The van der Waals surface area contributed by atoms with E-state index in [2.05, 4.69) is 5.32 Å². The van der Waals surface area contributed by atoms with Crippen LogP contribution >= 0.6 is 0 Å². The minimum atomic E-state index is -0.849. The van der Waals surface area contributed by atoms with E-state index in [1.165, 1.54) is 12.1 Å². The average Bonchev–Trinajstić information content (AvgIpc) is 2.54. The number of nitrogens with zero attached hydrogens (tertiary/aromatic N) is 1. The number of carbonyl (C=O) groups is 2. The topological polar surface area (TPSA) is 69.6 Å². The third kappa shape index (κ3) is 3.52. The van der Waals surface area contributed by atoms with Crippen molar-refractivity contribution in [2.24, 2.45) is 11.8 Å². The number of hydrogen-bond acceptors (Lipinski definition) is 2. The largest absolute Gasteiger partial charge is 0.481 e. The minimum absolute atomic E-state index is 0.137. The number of benzene rings is 1. The Kier molecular flexibility index (Phi) is 4.73. The van der Waals surface area contributed by atoms with Crippen LogP contribution < -0.4 is 5.32 Å². The van der Waals surface area contributed by atoms with Crippen LogP contribution in [0.25, 0.3) is 0 Å². The molecule has 3 atom stereocenters. The van der Waals surface area contributed by atoms with E-state index in [-0.39, 0.29) is 30.4 Å². The normalized spacial score (nSPS) is 26.6. The van der Waals surface area contributed by atoms with Crippen molar-refractivity contribution in [1.29, 1.82) is 0 Å². The predicted octanol–water partition coefficient (Wildman–Crippen LogP) is 2.96. The molecule has 1 fully saturated rings. The molecule has 3 rings (SSSR count). The Labute approximate surface area is 140 Å². The van der Waals surface area contributed by atoms with Gasteiger partial charge in [0, 0.05) is 13.1 Å². The monoisotopic (exact) mass is 334 g/mol. The van der Waals surface area contributed by atoms with Gasteiger partial charge in [-0.2, -0.15) is 0 Å². The van der Waals surface area contributed by atoms with Gasteiger partial charge in [-0.25, -0.2) is 9.18 Å². The van der Waals surface area contributed by atoms with E-state index < -0.39 is 11.9 Å². The molecule has 1 aliphatic carbocycles. The maximum atomic E-state index is 13.4. The molecule has 2 aliphatic rings. The highest BCUT2D eigenvalue weighted by atomic mass is 19.1. The number of aliphatic carboxylic acids is 1. The number of halogens is 1. The Hall–Kier alpha value is -2.11. The standard InChI is InChI=1S/C18H23FN2O3/c1-11-7-13(17(22)23)10-21(9-11)18(24)20-16-4-2-3-12-8-14(19)5-6-15(12)16/h5-6,8,11,13,16H,2-4,7,9-10H2,1H3,(H,20,24)(H,22,23). The highest BCUT2D eigenvalue weighted by Gasteiger charge is 2.33. The number of nitrogens with one attached hydrogen (secondary N) is 1. The van der Waals surface area contributed by atoms with E-state index in [0.717, 1.165) is 30.4 Å². The summed E-state index contributed by atoms with van der Waals surface area (Å²) < 4.78 is 13.4. The SMILES string of the molecule is CC1CC(C(=O)O)CN(C(=O)NC2CCCc3cc(F)ccc32)C1. The lowest BCUT2D eigenvalue weighted by molar-refractivity contribution is -0.143.